The largest absolute Gasteiger partial charge is 0.381 e. The number of hydrogen-bond donors (Lipinski definition) is 1. The molecular weight excluding hydrogens is 190 g/mol. The summed E-state index contributed by atoms with van der Waals surface area (Å²) in [6.45, 7) is 1.65. The van der Waals surface area contributed by atoms with Crippen LogP contribution in [0.15, 0.2) is 0 Å². The second-order valence-corrected chi connectivity index (χ2v) is 5.32. The second kappa shape index (κ2) is 3.48. The van der Waals surface area contributed by atoms with Crippen LogP contribution in [0, 0.1) is 11.8 Å². The molecule has 2 heterocycles. The maximum absolute atomic E-state index is 11.6. The number of carbonyl (C=O) groups excluding carboxylic acids is 1. The minimum atomic E-state index is 0.112. The van der Waals surface area contributed by atoms with Crippen molar-refractivity contribution >= 4 is 5.91 Å². The fourth-order valence-electron chi connectivity index (χ4n) is 3.51. The molecule has 15 heavy (non-hydrogen) atoms. The maximum Gasteiger partial charge on any atom is 0.220 e. The van der Waals surface area contributed by atoms with E-state index in [1.165, 1.54) is 19.3 Å². The maximum atomic E-state index is 11.6. The summed E-state index contributed by atoms with van der Waals surface area (Å²) >= 11 is 0. The molecule has 0 radical (unpaired) electrons. The number of carbonyl (C=O) groups is 1. The molecule has 2 saturated heterocycles. The van der Waals surface area contributed by atoms with Gasteiger partial charge >= 0.3 is 0 Å². The fraction of sp³-hybridized carbons (Fsp3) is 0.917. The molecule has 84 valence electrons. The van der Waals surface area contributed by atoms with Crippen molar-refractivity contribution in [3.63, 3.8) is 0 Å². The smallest absolute Gasteiger partial charge is 0.220 e. The van der Waals surface area contributed by atoms with Crippen LogP contribution in [-0.4, -0.2) is 24.7 Å². The number of rotatable bonds is 1. The number of ether oxygens (including phenoxy) is 1. The molecule has 0 aromatic heterocycles. The molecule has 3 rings (SSSR count). The van der Waals surface area contributed by atoms with E-state index in [9.17, 15) is 4.79 Å². The van der Waals surface area contributed by atoms with Gasteiger partial charge in [0.05, 0.1) is 0 Å². The molecule has 1 aliphatic carbocycles. The normalized spacial score (nSPS) is 35.2. The molecule has 3 heteroatoms. The van der Waals surface area contributed by atoms with Gasteiger partial charge in [0.1, 0.15) is 0 Å². The molecule has 3 aliphatic rings. The van der Waals surface area contributed by atoms with Crippen LogP contribution in [0.1, 0.15) is 38.5 Å². The first-order valence-corrected chi connectivity index (χ1v) is 6.19. The van der Waals surface area contributed by atoms with Crippen molar-refractivity contribution in [1.82, 2.24) is 5.32 Å². The Morgan fingerprint density at radius 3 is 2.60 bits per heavy atom. The highest BCUT2D eigenvalue weighted by molar-refractivity contribution is 5.80. The van der Waals surface area contributed by atoms with Crippen molar-refractivity contribution in [2.75, 3.05) is 13.2 Å². The molecule has 0 aromatic carbocycles. The molecule has 3 fully saturated rings. The number of amides is 1. The predicted molar refractivity (Wildman–Crippen MR) is 56.4 cm³/mol. The van der Waals surface area contributed by atoms with Crippen molar-refractivity contribution in [3.8, 4) is 0 Å². The first-order valence-electron chi connectivity index (χ1n) is 6.19. The van der Waals surface area contributed by atoms with E-state index in [4.69, 9.17) is 4.74 Å². The van der Waals surface area contributed by atoms with E-state index < -0.39 is 0 Å². The van der Waals surface area contributed by atoms with E-state index >= 15 is 0 Å². The van der Waals surface area contributed by atoms with E-state index in [0.29, 0.717) is 5.92 Å². The molecule has 2 aliphatic heterocycles. The summed E-state index contributed by atoms with van der Waals surface area (Å²) in [5, 5.41) is 3.25. The Kier molecular flexibility index (Phi) is 2.23. The third-order valence-corrected chi connectivity index (χ3v) is 4.61. The van der Waals surface area contributed by atoms with Crippen LogP contribution in [0.25, 0.3) is 0 Å². The van der Waals surface area contributed by atoms with Gasteiger partial charge in [-0.3, -0.25) is 4.79 Å². The van der Waals surface area contributed by atoms with Crippen LogP contribution in [0.5, 0.6) is 0 Å². The number of hydrogen-bond acceptors (Lipinski definition) is 2. The highest BCUT2D eigenvalue weighted by Crippen LogP contribution is 2.47. The highest BCUT2D eigenvalue weighted by Gasteiger charge is 2.51. The minimum absolute atomic E-state index is 0.112. The van der Waals surface area contributed by atoms with Crippen LogP contribution in [0.4, 0.5) is 0 Å². The Morgan fingerprint density at radius 2 is 2.00 bits per heavy atom. The Bertz CT molecular complexity index is 267. The van der Waals surface area contributed by atoms with E-state index in [2.05, 4.69) is 5.32 Å². The van der Waals surface area contributed by atoms with Crippen LogP contribution in [0.2, 0.25) is 0 Å². The lowest BCUT2D eigenvalue weighted by Crippen LogP contribution is -2.52. The first kappa shape index (κ1) is 9.64. The van der Waals surface area contributed by atoms with Gasteiger partial charge in [0, 0.05) is 25.2 Å². The molecular formula is C12H19NO2. The zero-order chi connectivity index (χ0) is 10.3. The fourth-order valence-corrected chi connectivity index (χ4v) is 3.51. The van der Waals surface area contributed by atoms with Gasteiger partial charge in [-0.05, 0) is 24.7 Å². The Hall–Kier alpha value is -0.570. The zero-order valence-corrected chi connectivity index (χ0v) is 9.13. The lowest BCUT2D eigenvalue weighted by molar-refractivity contribution is -0.120. The van der Waals surface area contributed by atoms with Gasteiger partial charge in [-0.15, -0.1) is 0 Å². The quantitative estimate of drug-likeness (QED) is 0.710. The Labute approximate surface area is 90.6 Å². The summed E-state index contributed by atoms with van der Waals surface area (Å²) < 4.78 is 5.42. The summed E-state index contributed by atoms with van der Waals surface area (Å²) in [6, 6.07) is 0. The molecule has 1 amide bonds. The van der Waals surface area contributed by atoms with Crippen molar-refractivity contribution in [2.24, 2.45) is 11.8 Å². The summed E-state index contributed by atoms with van der Waals surface area (Å²) in [4.78, 5) is 11.6. The third-order valence-electron chi connectivity index (χ3n) is 4.61. The van der Waals surface area contributed by atoms with Crippen molar-refractivity contribution in [2.45, 2.75) is 44.1 Å². The molecule has 1 spiro atoms. The van der Waals surface area contributed by atoms with Gasteiger partial charge in [0.15, 0.2) is 0 Å². The van der Waals surface area contributed by atoms with Crippen molar-refractivity contribution in [1.29, 1.82) is 0 Å². The zero-order valence-electron chi connectivity index (χ0n) is 9.13. The van der Waals surface area contributed by atoms with Gasteiger partial charge in [-0.2, -0.15) is 0 Å². The molecule has 0 bridgehead atoms. The molecule has 1 atom stereocenters. The summed E-state index contributed by atoms with van der Waals surface area (Å²) in [5.74, 6) is 1.68. The van der Waals surface area contributed by atoms with Gasteiger partial charge in [-0.25, -0.2) is 0 Å². The summed E-state index contributed by atoms with van der Waals surface area (Å²) in [6.07, 6.45) is 6.86. The molecule has 1 N–H and O–H groups in total. The van der Waals surface area contributed by atoms with Gasteiger partial charge in [0.2, 0.25) is 5.91 Å². The van der Waals surface area contributed by atoms with Crippen molar-refractivity contribution < 1.29 is 9.53 Å². The van der Waals surface area contributed by atoms with Crippen LogP contribution >= 0.6 is 0 Å². The standard InChI is InChI=1S/C12H19NO2/c14-11-8-10(9-2-1-3-9)12(13-11)4-6-15-7-5-12/h9-10H,1-8H2,(H,13,14). The van der Waals surface area contributed by atoms with Crippen LogP contribution in [0.3, 0.4) is 0 Å². The molecule has 1 saturated carbocycles. The lowest BCUT2D eigenvalue weighted by Gasteiger charge is -2.44. The third kappa shape index (κ3) is 1.48. The van der Waals surface area contributed by atoms with E-state index in [-0.39, 0.29) is 11.4 Å². The molecule has 1 unspecified atom stereocenters. The van der Waals surface area contributed by atoms with Crippen molar-refractivity contribution in [3.05, 3.63) is 0 Å². The minimum Gasteiger partial charge on any atom is -0.381 e. The van der Waals surface area contributed by atoms with Crippen LogP contribution < -0.4 is 5.32 Å². The topological polar surface area (TPSA) is 38.3 Å². The monoisotopic (exact) mass is 209 g/mol. The molecule has 3 nitrogen and oxygen atoms in total. The first-order chi connectivity index (χ1) is 7.30. The lowest BCUT2D eigenvalue weighted by atomic mass is 9.65. The van der Waals surface area contributed by atoms with Gasteiger partial charge in [-0.1, -0.05) is 19.3 Å². The van der Waals surface area contributed by atoms with Gasteiger partial charge < -0.3 is 10.1 Å². The average Bonchev–Trinajstić information content (AvgIpc) is 2.42. The predicted octanol–water partition coefficient (Wildman–Crippen LogP) is 1.47. The van der Waals surface area contributed by atoms with E-state index in [1.807, 2.05) is 0 Å². The SMILES string of the molecule is O=C1CC(C2CCC2)C2(CCOCC2)N1. The van der Waals surface area contributed by atoms with Crippen LogP contribution in [-0.2, 0) is 9.53 Å². The van der Waals surface area contributed by atoms with E-state index in [0.717, 1.165) is 38.4 Å². The van der Waals surface area contributed by atoms with Gasteiger partial charge in [0.25, 0.3) is 0 Å². The second-order valence-electron chi connectivity index (χ2n) is 5.32. The highest BCUT2D eigenvalue weighted by atomic mass is 16.5. The number of nitrogens with one attached hydrogen (secondary N) is 1. The summed E-state index contributed by atoms with van der Waals surface area (Å²) in [5.41, 5.74) is 0.112. The summed E-state index contributed by atoms with van der Waals surface area (Å²) in [7, 11) is 0. The Balaban J connectivity index is 1.80. The average molecular weight is 209 g/mol. The van der Waals surface area contributed by atoms with E-state index in [1.54, 1.807) is 0 Å². The Morgan fingerprint density at radius 1 is 1.27 bits per heavy atom. The molecule has 0 aromatic rings.